The van der Waals surface area contributed by atoms with Gasteiger partial charge in [0.1, 0.15) is 0 Å². The van der Waals surface area contributed by atoms with Gasteiger partial charge < -0.3 is 10.4 Å². The lowest BCUT2D eigenvalue weighted by Crippen LogP contribution is -2.40. The summed E-state index contributed by atoms with van der Waals surface area (Å²) in [5.74, 6) is 0.874. The van der Waals surface area contributed by atoms with Crippen molar-refractivity contribution in [3.63, 3.8) is 0 Å². The van der Waals surface area contributed by atoms with E-state index >= 15 is 0 Å². The maximum absolute atomic E-state index is 9.14. The molecule has 0 heterocycles. The first kappa shape index (κ1) is 12.0. The average molecular weight is 199 g/mol. The van der Waals surface area contributed by atoms with Gasteiger partial charge in [-0.1, -0.05) is 33.6 Å². The van der Waals surface area contributed by atoms with Crippen LogP contribution in [0.25, 0.3) is 0 Å². The van der Waals surface area contributed by atoms with Crippen LogP contribution in [0, 0.1) is 11.3 Å². The van der Waals surface area contributed by atoms with Gasteiger partial charge in [0.15, 0.2) is 0 Å². The fourth-order valence-electron chi connectivity index (χ4n) is 2.10. The molecule has 1 aliphatic rings. The van der Waals surface area contributed by atoms with E-state index in [1.807, 2.05) is 0 Å². The minimum atomic E-state index is 0.0285. The predicted molar refractivity (Wildman–Crippen MR) is 60.3 cm³/mol. The van der Waals surface area contributed by atoms with Crippen molar-refractivity contribution >= 4 is 0 Å². The summed E-state index contributed by atoms with van der Waals surface area (Å²) in [7, 11) is 0. The Kier molecular flexibility index (Phi) is 4.39. The molecule has 0 aromatic rings. The molecule has 2 atom stereocenters. The van der Waals surface area contributed by atoms with Crippen LogP contribution >= 0.6 is 0 Å². The number of hydrogen-bond donors (Lipinski definition) is 2. The summed E-state index contributed by atoms with van der Waals surface area (Å²) in [5.41, 5.74) is 0.0285. The highest BCUT2D eigenvalue weighted by molar-refractivity contribution is 4.79. The van der Waals surface area contributed by atoms with Gasteiger partial charge in [-0.2, -0.15) is 0 Å². The minimum absolute atomic E-state index is 0.0285. The molecule has 0 aromatic heterocycles. The van der Waals surface area contributed by atoms with E-state index in [0.717, 1.165) is 12.5 Å². The quantitative estimate of drug-likeness (QED) is 0.727. The molecule has 0 aromatic carbocycles. The van der Waals surface area contributed by atoms with Gasteiger partial charge >= 0.3 is 0 Å². The number of aliphatic hydroxyl groups is 1. The third kappa shape index (κ3) is 3.97. The van der Waals surface area contributed by atoms with E-state index in [1.165, 1.54) is 25.7 Å². The van der Waals surface area contributed by atoms with Crippen molar-refractivity contribution in [2.75, 3.05) is 13.2 Å². The molecule has 84 valence electrons. The molecule has 0 saturated heterocycles. The lowest BCUT2D eigenvalue weighted by Gasteiger charge is -2.31. The molecular weight excluding hydrogens is 174 g/mol. The lowest BCUT2D eigenvalue weighted by molar-refractivity contribution is 0.147. The molecule has 0 aliphatic heterocycles. The zero-order valence-corrected chi connectivity index (χ0v) is 9.84. The zero-order chi connectivity index (χ0) is 10.6. The lowest BCUT2D eigenvalue weighted by atomic mass is 9.86. The average Bonchev–Trinajstić information content (AvgIpc) is 2.15. The first-order chi connectivity index (χ1) is 6.53. The van der Waals surface area contributed by atoms with Crippen LogP contribution < -0.4 is 5.32 Å². The molecule has 2 unspecified atom stereocenters. The van der Waals surface area contributed by atoms with Crippen molar-refractivity contribution in [2.24, 2.45) is 11.3 Å². The molecule has 1 fully saturated rings. The Balaban J connectivity index is 2.23. The molecule has 2 heteroatoms. The predicted octanol–water partition coefficient (Wildman–Crippen LogP) is 2.17. The molecule has 0 spiro atoms. The Hall–Kier alpha value is -0.0800. The smallest absolute Gasteiger partial charge is 0.0494 e. The number of nitrogens with one attached hydrogen (secondary N) is 1. The summed E-state index contributed by atoms with van der Waals surface area (Å²) in [6.07, 6.45) is 5.37. The number of rotatable bonds is 4. The Morgan fingerprint density at radius 3 is 2.64 bits per heavy atom. The fourth-order valence-corrected chi connectivity index (χ4v) is 2.10. The third-order valence-electron chi connectivity index (χ3n) is 3.23. The second-order valence-corrected chi connectivity index (χ2v) is 5.67. The van der Waals surface area contributed by atoms with E-state index in [2.05, 4.69) is 26.1 Å². The minimum Gasteiger partial charge on any atom is -0.396 e. The van der Waals surface area contributed by atoms with Crippen LogP contribution in [0.3, 0.4) is 0 Å². The summed E-state index contributed by atoms with van der Waals surface area (Å²) in [5, 5.41) is 12.7. The van der Waals surface area contributed by atoms with Gasteiger partial charge in [0, 0.05) is 24.6 Å². The van der Waals surface area contributed by atoms with Crippen LogP contribution in [0.1, 0.15) is 46.5 Å². The van der Waals surface area contributed by atoms with Gasteiger partial charge in [0.25, 0.3) is 0 Å². The van der Waals surface area contributed by atoms with Gasteiger partial charge in [-0.3, -0.25) is 0 Å². The number of aliphatic hydroxyl groups excluding tert-OH is 1. The van der Waals surface area contributed by atoms with E-state index in [9.17, 15) is 0 Å². The van der Waals surface area contributed by atoms with Crippen molar-refractivity contribution in [2.45, 2.75) is 52.5 Å². The zero-order valence-electron chi connectivity index (χ0n) is 9.84. The topological polar surface area (TPSA) is 32.3 Å². The van der Waals surface area contributed by atoms with Crippen LogP contribution in [0.15, 0.2) is 0 Å². The van der Waals surface area contributed by atoms with Gasteiger partial charge in [-0.15, -0.1) is 0 Å². The van der Waals surface area contributed by atoms with E-state index in [4.69, 9.17) is 5.11 Å². The number of hydrogen-bond acceptors (Lipinski definition) is 2. The Morgan fingerprint density at radius 1 is 1.36 bits per heavy atom. The second-order valence-electron chi connectivity index (χ2n) is 5.67. The van der Waals surface area contributed by atoms with Crippen LogP contribution in [-0.4, -0.2) is 24.3 Å². The van der Waals surface area contributed by atoms with Gasteiger partial charge in [-0.25, -0.2) is 0 Å². The molecule has 0 radical (unpaired) electrons. The molecule has 0 bridgehead atoms. The van der Waals surface area contributed by atoms with Crippen molar-refractivity contribution in [3.05, 3.63) is 0 Å². The molecule has 2 N–H and O–H groups in total. The molecule has 1 saturated carbocycles. The summed E-state index contributed by atoms with van der Waals surface area (Å²) < 4.78 is 0. The highest BCUT2D eigenvalue weighted by atomic mass is 16.3. The first-order valence-corrected chi connectivity index (χ1v) is 5.88. The monoisotopic (exact) mass is 199 g/mol. The van der Waals surface area contributed by atoms with E-state index in [-0.39, 0.29) is 12.0 Å². The molecule has 2 nitrogen and oxygen atoms in total. The van der Waals surface area contributed by atoms with E-state index in [0.29, 0.717) is 6.04 Å². The van der Waals surface area contributed by atoms with E-state index < -0.39 is 0 Å². The second kappa shape index (κ2) is 5.13. The molecular formula is C12H25NO. The molecule has 0 amide bonds. The van der Waals surface area contributed by atoms with Crippen LogP contribution in [0.4, 0.5) is 0 Å². The maximum Gasteiger partial charge on any atom is 0.0494 e. The summed E-state index contributed by atoms with van der Waals surface area (Å²) in [6, 6.07) is 0.685. The SMILES string of the molecule is CC1CCCC(NCC(C)(C)CO)C1. The normalized spacial score (nSPS) is 29.1. The van der Waals surface area contributed by atoms with E-state index in [1.54, 1.807) is 0 Å². The summed E-state index contributed by atoms with van der Waals surface area (Å²) in [6.45, 7) is 7.74. The Labute approximate surface area is 88.1 Å². The van der Waals surface area contributed by atoms with Crippen molar-refractivity contribution in [1.29, 1.82) is 0 Å². The first-order valence-electron chi connectivity index (χ1n) is 5.88. The standard InChI is InChI=1S/C12H25NO/c1-10-5-4-6-11(7-10)13-8-12(2,3)9-14/h10-11,13-14H,4-9H2,1-3H3. The van der Waals surface area contributed by atoms with Gasteiger partial charge in [-0.05, 0) is 18.8 Å². The van der Waals surface area contributed by atoms with Gasteiger partial charge in [0.05, 0.1) is 0 Å². The Morgan fingerprint density at radius 2 is 2.07 bits per heavy atom. The maximum atomic E-state index is 9.14. The summed E-state index contributed by atoms with van der Waals surface area (Å²) >= 11 is 0. The molecule has 14 heavy (non-hydrogen) atoms. The van der Waals surface area contributed by atoms with Gasteiger partial charge in [0.2, 0.25) is 0 Å². The highest BCUT2D eigenvalue weighted by Crippen LogP contribution is 2.24. The van der Waals surface area contributed by atoms with Crippen molar-refractivity contribution in [1.82, 2.24) is 5.32 Å². The summed E-state index contributed by atoms with van der Waals surface area (Å²) in [4.78, 5) is 0. The van der Waals surface area contributed by atoms with Crippen LogP contribution in [-0.2, 0) is 0 Å². The Bertz CT molecular complexity index is 168. The van der Waals surface area contributed by atoms with Crippen molar-refractivity contribution < 1.29 is 5.11 Å². The molecule has 1 aliphatic carbocycles. The van der Waals surface area contributed by atoms with Crippen LogP contribution in [0.2, 0.25) is 0 Å². The third-order valence-corrected chi connectivity index (χ3v) is 3.23. The highest BCUT2D eigenvalue weighted by Gasteiger charge is 2.22. The fraction of sp³-hybridized carbons (Fsp3) is 1.00. The van der Waals surface area contributed by atoms with Crippen molar-refractivity contribution in [3.8, 4) is 0 Å². The van der Waals surface area contributed by atoms with Crippen LogP contribution in [0.5, 0.6) is 0 Å². The molecule has 1 rings (SSSR count). The largest absolute Gasteiger partial charge is 0.396 e.